The summed E-state index contributed by atoms with van der Waals surface area (Å²) in [6, 6.07) is 0. The van der Waals surface area contributed by atoms with Crippen molar-refractivity contribution in [3.8, 4) is 0 Å². The summed E-state index contributed by atoms with van der Waals surface area (Å²) in [6.07, 6.45) is 39.4. The SMILES string of the molecule is CC/C=C\C/C=C\C/C=C\C/C=C\C/C=C\C=C/C(O)CCC(=O)OC[C@H](COP(=O)(O)OC[C@@H](O)COP(=O)(O)O)OC(=O)CCCCCCCCCCCCCCC. The number of esters is 2. The average Bonchev–Trinajstić information content (AvgIpc) is 3.20. The van der Waals surface area contributed by atoms with Crippen molar-refractivity contribution < 1.29 is 66.7 Å². The molecule has 0 aromatic heterocycles. The van der Waals surface area contributed by atoms with Crippen LogP contribution in [0.4, 0.5) is 0 Å². The van der Waals surface area contributed by atoms with Gasteiger partial charge in [0.1, 0.15) is 12.7 Å². The summed E-state index contributed by atoms with van der Waals surface area (Å²) in [4.78, 5) is 52.7. The first kappa shape index (κ1) is 57.5. The molecule has 0 saturated heterocycles. The molecular weight excluding hydrogens is 814 g/mol. The number of rotatable bonds is 40. The van der Waals surface area contributed by atoms with Crippen LogP contribution in [0.3, 0.4) is 0 Å². The maximum absolute atomic E-state index is 12.6. The molecule has 2 unspecified atom stereocenters. The molecule has 0 aliphatic heterocycles. The van der Waals surface area contributed by atoms with Crippen LogP contribution in [0.2, 0.25) is 0 Å². The number of allylic oxidation sites excluding steroid dienone is 11. The number of unbranched alkanes of at least 4 members (excludes halogenated alkanes) is 12. The molecule has 60 heavy (non-hydrogen) atoms. The molecule has 0 saturated carbocycles. The van der Waals surface area contributed by atoms with Gasteiger partial charge in [-0.3, -0.25) is 23.2 Å². The van der Waals surface area contributed by atoms with Gasteiger partial charge in [-0.05, 0) is 44.9 Å². The van der Waals surface area contributed by atoms with Gasteiger partial charge in [-0.15, -0.1) is 0 Å². The Morgan fingerprint density at radius 2 is 1.03 bits per heavy atom. The summed E-state index contributed by atoms with van der Waals surface area (Å²) in [5.41, 5.74) is 0. The van der Waals surface area contributed by atoms with Gasteiger partial charge in [-0.2, -0.15) is 0 Å². The lowest BCUT2D eigenvalue weighted by molar-refractivity contribution is -0.161. The third-order valence-corrected chi connectivity index (χ3v) is 10.2. The molecule has 0 aromatic rings. The van der Waals surface area contributed by atoms with Gasteiger partial charge in [0.25, 0.3) is 0 Å². The maximum Gasteiger partial charge on any atom is 0.472 e. The Morgan fingerprint density at radius 3 is 1.57 bits per heavy atom. The molecule has 16 heteroatoms. The van der Waals surface area contributed by atoms with Crippen molar-refractivity contribution in [2.75, 3.05) is 26.4 Å². The minimum absolute atomic E-state index is 0.0633. The smallest absolute Gasteiger partial charge is 0.462 e. The van der Waals surface area contributed by atoms with Crippen molar-refractivity contribution in [3.63, 3.8) is 0 Å². The van der Waals surface area contributed by atoms with Crippen molar-refractivity contribution in [2.45, 2.75) is 167 Å². The molecule has 0 heterocycles. The van der Waals surface area contributed by atoms with Crippen molar-refractivity contribution in [1.29, 1.82) is 0 Å². The maximum atomic E-state index is 12.6. The molecule has 0 aromatic carbocycles. The number of hydrogen-bond donors (Lipinski definition) is 5. The zero-order chi connectivity index (χ0) is 44.6. The van der Waals surface area contributed by atoms with E-state index in [1.807, 2.05) is 12.2 Å². The summed E-state index contributed by atoms with van der Waals surface area (Å²) in [5.74, 6) is -1.32. The van der Waals surface area contributed by atoms with Crippen molar-refractivity contribution >= 4 is 27.6 Å². The van der Waals surface area contributed by atoms with E-state index in [-0.39, 0.29) is 19.3 Å². The Hall–Kier alpha value is -2.48. The van der Waals surface area contributed by atoms with Gasteiger partial charge >= 0.3 is 27.6 Å². The molecule has 0 rings (SSSR count). The topological polar surface area (TPSA) is 216 Å². The van der Waals surface area contributed by atoms with Crippen molar-refractivity contribution in [2.24, 2.45) is 0 Å². The van der Waals surface area contributed by atoms with Crippen LogP contribution in [-0.4, -0.2) is 81.6 Å². The third-order valence-electron chi connectivity index (χ3n) is 8.72. The van der Waals surface area contributed by atoms with E-state index in [1.54, 1.807) is 18.2 Å². The van der Waals surface area contributed by atoms with Gasteiger partial charge in [0.2, 0.25) is 0 Å². The van der Waals surface area contributed by atoms with E-state index >= 15 is 0 Å². The van der Waals surface area contributed by atoms with Crippen LogP contribution in [-0.2, 0) is 41.8 Å². The van der Waals surface area contributed by atoms with E-state index in [0.29, 0.717) is 6.42 Å². The monoisotopic (exact) mass is 890 g/mol. The summed E-state index contributed by atoms with van der Waals surface area (Å²) in [5, 5.41) is 20.0. The number of carbonyl (C=O) groups is 2. The molecule has 0 bridgehead atoms. The molecular formula is C44H76O14P2. The fraction of sp³-hybridized carbons (Fsp3) is 0.682. The minimum Gasteiger partial charge on any atom is -0.462 e. The van der Waals surface area contributed by atoms with Crippen LogP contribution in [0.5, 0.6) is 0 Å². The van der Waals surface area contributed by atoms with Crippen LogP contribution >= 0.6 is 15.6 Å². The number of phosphoric acid groups is 2. The largest absolute Gasteiger partial charge is 0.472 e. The molecule has 0 radical (unpaired) electrons. The molecule has 0 aliphatic rings. The highest BCUT2D eigenvalue weighted by Crippen LogP contribution is 2.43. The summed E-state index contributed by atoms with van der Waals surface area (Å²) < 4.78 is 47.5. The number of aliphatic hydroxyl groups is 2. The van der Waals surface area contributed by atoms with Crippen molar-refractivity contribution in [1.82, 2.24) is 0 Å². The van der Waals surface area contributed by atoms with E-state index in [0.717, 1.165) is 57.8 Å². The van der Waals surface area contributed by atoms with Crippen LogP contribution < -0.4 is 0 Å². The Balaban J connectivity index is 4.74. The first-order valence-electron chi connectivity index (χ1n) is 21.7. The second kappa shape index (κ2) is 39.4. The molecule has 0 fully saturated rings. The fourth-order valence-corrected chi connectivity index (χ4v) is 6.55. The second-order valence-corrected chi connectivity index (χ2v) is 17.1. The number of phosphoric ester groups is 2. The van der Waals surface area contributed by atoms with Gasteiger partial charge in [0.05, 0.1) is 25.9 Å². The molecule has 346 valence electrons. The van der Waals surface area contributed by atoms with Gasteiger partial charge in [-0.1, -0.05) is 164 Å². The zero-order valence-electron chi connectivity index (χ0n) is 36.1. The Morgan fingerprint density at radius 1 is 0.550 bits per heavy atom. The normalized spacial score (nSPS) is 15.2. The number of carbonyl (C=O) groups excluding carboxylic acids is 2. The van der Waals surface area contributed by atoms with E-state index in [4.69, 9.17) is 23.8 Å². The number of hydrogen-bond acceptors (Lipinski definition) is 11. The summed E-state index contributed by atoms with van der Waals surface area (Å²) in [6.45, 7) is 1.37. The highest BCUT2D eigenvalue weighted by molar-refractivity contribution is 7.47. The highest BCUT2D eigenvalue weighted by Gasteiger charge is 2.28. The van der Waals surface area contributed by atoms with E-state index in [1.165, 1.54) is 51.4 Å². The van der Waals surface area contributed by atoms with Crippen LogP contribution in [0.25, 0.3) is 0 Å². The van der Waals surface area contributed by atoms with Crippen LogP contribution in [0.15, 0.2) is 72.9 Å². The van der Waals surface area contributed by atoms with Crippen LogP contribution in [0, 0.1) is 0 Å². The summed E-state index contributed by atoms with van der Waals surface area (Å²) >= 11 is 0. The van der Waals surface area contributed by atoms with Gasteiger partial charge in [-0.25, -0.2) is 9.13 Å². The second-order valence-electron chi connectivity index (χ2n) is 14.4. The first-order chi connectivity index (χ1) is 28.8. The van der Waals surface area contributed by atoms with E-state index in [9.17, 15) is 33.8 Å². The van der Waals surface area contributed by atoms with Crippen molar-refractivity contribution in [3.05, 3.63) is 72.9 Å². The van der Waals surface area contributed by atoms with E-state index in [2.05, 4.69) is 65.4 Å². The fourth-order valence-electron chi connectivity index (χ4n) is 5.40. The number of ether oxygens (including phenoxy) is 2. The third kappa shape index (κ3) is 42.2. The average molecular weight is 891 g/mol. The van der Waals surface area contributed by atoms with Gasteiger partial charge in [0, 0.05) is 12.8 Å². The minimum atomic E-state index is -4.89. The predicted octanol–water partition coefficient (Wildman–Crippen LogP) is 9.98. The first-order valence-corrected chi connectivity index (χ1v) is 24.8. The Labute approximate surface area is 359 Å². The van der Waals surface area contributed by atoms with E-state index < -0.39 is 72.3 Å². The standard InChI is InChI=1S/C44H76O14P2/c1-3-5-7-9-11-13-15-17-18-19-21-22-24-26-28-30-32-40(45)34-35-43(47)54-38-42(39-57-60(52,53)56-37-41(46)36-55-59(49,50)51)58-44(48)33-31-29-27-25-23-20-16-14-12-10-8-6-4-2/h5,7,11,13,17-18,21-22,26,28,30,32,40-42,45-46H,3-4,6,8-10,12,14-16,19-20,23-25,27,29,31,33-39H2,1-2H3,(H,52,53)(H2,49,50,51)/b7-5-,13-11-,18-17-,22-21-,28-26-,32-30-/t40?,41-,42+/m0/s1. The van der Waals surface area contributed by atoms with Crippen LogP contribution in [0.1, 0.15) is 149 Å². The molecule has 0 spiro atoms. The lowest BCUT2D eigenvalue weighted by atomic mass is 10.0. The van der Waals surface area contributed by atoms with Gasteiger partial charge in [0.15, 0.2) is 6.10 Å². The predicted molar refractivity (Wildman–Crippen MR) is 236 cm³/mol. The quantitative estimate of drug-likeness (QED) is 0.0127. The molecule has 4 atom stereocenters. The lowest BCUT2D eigenvalue weighted by Crippen LogP contribution is -2.30. The Kier molecular flexibility index (Phi) is 37.7. The molecule has 5 N–H and O–H groups in total. The lowest BCUT2D eigenvalue weighted by Gasteiger charge is -2.20. The molecule has 0 amide bonds. The highest BCUT2D eigenvalue weighted by atomic mass is 31.2. The van der Waals surface area contributed by atoms with Gasteiger partial charge < -0.3 is 34.4 Å². The summed E-state index contributed by atoms with van der Waals surface area (Å²) in [7, 11) is -9.75. The zero-order valence-corrected chi connectivity index (χ0v) is 37.9. The molecule has 0 aliphatic carbocycles. The number of aliphatic hydroxyl groups excluding tert-OH is 2. The Bertz CT molecular complexity index is 1350. The molecule has 14 nitrogen and oxygen atoms in total.